The van der Waals surface area contributed by atoms with Crippen molar-refractivity contribution in [3.8, 4) is 0 Å². The van der Waals surface area contributed by atoms with E-state index in [2.05, 4.69) is 10.6 Å². The average molecular weight is 340 g/mol. The number of likely N-dealkylation sites (N-methyl/N-ethyl adjacent to an activating group) is 1. The molecule has 0 saturated carbocycles. The van der Waals surface area contributed by atoms with E-state index in [-0.39, 0.29) is 24.2 Å². The lowest BCUT2D eigenvalue weighted by Gasteiger charge is -2.35. The minimum atomic E-state index is -0.593. The van der Waals surface area contributed by atoms with Crippen LogP contribution in [0, 0.1) is 0 Å². The van der Waals surface area contributed by atoms with E-state index in [1.54, 1.807) is 6.92 Å². The van der Waals surface area contributed by atoms with Crippen LogP contribution in [0.2, 0.25) is 0 Å². The van der Waals surface area contributed by atoms with Crippen molar-refractivity contribution < 1.29 is 9.59 Å². The zero-order valence-corrected chi connectivity index (χ0v) is 14.6. The highest BCUT2D eigenvalue weighted by Crippen LogP contribution is 2.19. The van der Waals surface area contributed by atoms with Gasteiger partial charge >= 0.3 is 0 Å². The van der Waals surface area contributed by atoms with Gasteiger partial charge in [0, 0.05) is 25.6 Å². The highest BCUT2D eigenvalue weighted by Gasteiger charge is 2.30. The van der Waals surface area contributed by atoms with Crippen molar-refractivity contribution in [3.63, 3.8) is 0 Å². The number of nitrogens with zero attached hydrogens (tertiary/aromatic N) is 1. The lowest BCUT2D eigenvalue weighted by Crippen LogP contribution is -2.50. The topological polar surface area (TPSA) is 61.4 Å². The molecule has 2 atom stereocenters. The Kier molecular flexibility index (Phi) is 8.06. The zero-order valence-electron chi connectivity index (χ0n) is 13.7. The Morgan fingerprint density at radius 3 is 2.61 bits per heavy atom. The quantitative estimate of drug-likeness (QED) is 0.861. The summed E-state index contributed by atoms with van der Waals surface area (Å²) in [5.41, 5.74) is 0.834. The third-order valence-corrected chi connectivity index (χ3v) is 4.15. The Morgan fingerprint density at radius 1 is 1.30 bits per heavy atom. The van der Waals surface area contributed by atoms with E-state index >= 15 is 0 Å². The molecule has 5 nitrogen and oxygen atoms in total. The summed E-state index contributed by atoms with van der Waals surface area (Å²) in [7, 11) is 1.92. The first kappa shape index (κ1) is 19.5. The number of amides is 2. The van der Waals surface area contributed by atoms with Crippen LogP contribution in [0.3, 0.4) is 0 Å². The van der Waals surface area contributed by atoms with Crippen molar-refractivity contribution in [2.45, 2.75) is 38.3 Å². The Morgan fingerprint density at radius 2 is 2.00 bits per heavy atom. The Hall–Kier alpha value is -1.59. The lowest BCUT2D eigenvalue weighted by molar-refractivity contribution is -0.137. The molecular formula is C17H26ClN3O2. The molecule has 2 rings (SSSR count). The molecule has 0 aliphatic carbocycles. The first-order chi connectivity index (χ1) is 10.7. The molecule has 2 unspecified atom stereocenters. The number of rotatable bonds is 5. The van der Waals surface area contributed by atoms with Gasteiger partial charge in [-0.05, 0) is 25.5 Å². The molecule has 1 fully saturated rings. The monoisotopic (exact) mass is 339 g/mol. The summed E-state index contributed by atoms with van der Waals surface area (Å²) in [6, 6.07) is 9.20. The second-order valence-corrected chi connectivity index (χ2v) is 5.68. The largest absolute Gasteiger partial charge is 0.341 e. The molecule has 1 aromatic rings. The number of hydrogen-bond donors (Lipinski definition) is 2. The van der Waals surface area contributed by atoms with Gasteiger partial charge in [-0.1, -0.05) is 37.3 Å². The summed E-state index contributed by atoms with van der Waals surface area (Å²) in [6.07, 6.45) is 2.44. The SMILES string of the molecule is CCC(=O)NC(C(=O)N1CCCC(NC)C1)c1ccccc1.Cl. The van der Waals surface area contributed by atoms with E-state index in [1.807, 2.05) is 42.3 Å². The average Bonchev–Trinajstić information content (AvgIpc) is 2.59. The van der Waals surface area contributed by atoms with E-state index in [4.69, 9.17) is 0 Å². The van der Waals surface area contributed by atoms with Crippen molar-refractivity contribution >= 4 is 24.2 Å². The predicted octanol–water partition coefficient (Wildman–Crippen LogP) is 1.89. The van der Waals surface area contributed by atoms with E-state index in [0.717, 1.165) is 24.9 Å². The number of halogens is 1. The molecule has 1 heterocycles. The molecule has 0 aromatic heterocycles. The van der Waals surface area contributed by atoms with Gasteiger partial charge in [-0.25, -0.2) is 0 Å². The molecule has 2 N–H and O–H groups in total. The molecule has 1 aromatic carbocycles. The predicted molar refractivity (Wildman–Crippen MR) is 93.5 cm³/mol. The van der Waals surface area contributed by atoms with E-state index in [1.165, 1.54) is 0 Å². The molecule has 128 valence electrons. The van der Waals surface area contributed by atoms with Gasteiger partial charge in [0.2, 0.25) is 11.8 Å². The van der Waals surface area contributed by atoms with Gasteiger partial charge in [0.1, 0.15) is 6.04 Å². The summed E-state index contributed by atoms with van der Waals surface area (Å²) >= 11 is 0. The number of carbonyl (C=O) groups excluding carboxylic acids is 2. The Labute approximate surface area is 144 Å². The van der Waals surface area contributed by atoms with Gasteiger partial charge in [0.15, 0.2) is 0 Å². The maximum Gasteiger partial charge on any atom is 0.249 e. The number of likely N-dealkylation sites (tertiary alicyclic amines) is 1. The van der Waals surface area contributed by atoms with Crippen LogP contribution in [-0.2, 0) is 9.59 Å². The van der Waals surface area contributed by atoms with Crippen molar-refractivity contribution in [1.82, 2.24) is 15.5 Å². The van der Waals surface area contributed by atoms with Crippen LogP contribution >= 0.6 is 12.4 Å². The molecule has 1 aliphatic heterocycles. The molecule has 0 spiro atoms. The molecular weight excluding hydrogens is 314 g/mol. The van der Waals surface area contributed by atoms with Gasteiger partial charge in [-0.15, -0.1) is 12.4 Å². The number of hydrogen-bond acceptors (Lipinski definition) is 3. The first-order valence-corrected chi connectivity index (χ1v) is 7.96. The zero-order chi connectivity index (χ0) is 15.9. The lowest BCUT2D eigenvalue weighted by atomic mass is 10.0. The molecule has 0 radical (unpaired) electrons. The van der Waals surface area contributed by atoms with Gasteiger partial charge in [-0.3, -0.25) is 9.59 Å². The third kappa shape index (κ3) is 5.22. The van der Waals surface area contributed by atoms with Crippen molar-refractivity contribution in [2.75, 3.05) is 20.1 Å². The molecule has 23 heavy (non-hydrogen) atoms. The first-order valence-electron chi connectivity index (χ1n) is 7.96. The van der Waals surface area contributed by atoms with Crippen molar-refractivity contribution in [2.24, 2.45) is 0 Å². The maximum atomic E-state index is 12.9. The molecule has 1 saturated heterocycles. The Bertz CT molecular complexity index is 510. The molecule has 6 heteroatoms. The summed E-state index contributed by atoms with van der Waals surface area (Å²) in [5, 5.41) is 6.10. The normalized spacial score (nSPS) is 18.7. The van der Waals surface area contributed by atoms with Crippen LogP contribution in [0.15, 0.2) is 30.3 Å². The smallest absolute Gasteiger partial charge is 0.249 e. The molecule has 2 amide bonds. The van der Waals surface area contributed by atoms with Crippen LogP contribution in [-0.4, -0.2) is 42.9 Å². The van der Waals surface area contributed by atoms with Crippen molar-refractivity contribution in [1.29, 1.82) is 0 Å². The van der Waals surface area contributed by atoms with Crippen LogP contribution in [0.25, 0.3) is 0 Å². The van der Waals surface area contributed by atoms with E-state index in [0.29, 0.717) is 19.0 Å². The standard InChI is InChI=1S/C17H25N3O2.ClH/c1-3-15(21)19-16(13-8-5-4-6-9-13)17(22)20-11-7-10-14(12-20)18-2;/h4-6,8-9,14,16,18H,3,7,10-12H2,1-2H3,(H,19,21);1H. The second-order valence-electron chi connectivity index (χ2n) is 5.68. The molecule has 0 bridgehead atoms. The summed E-state index contributed by atoms with van der Waals surface area (Å²) in [5.74, 6) is -0.127. The van der Waals surface area contributed by atoms with Gasteiger partial charge in [0.25, 0.3) is 0 Å². The summed E-state index contributed by atoms with van der Waals surface area (Å²) in [6.45, 7) is 3.24. The van der Waals surface area contributed by atoms with E-state index in [9.17, 15) is 9.59 Å². The number of nitrogens with one attached hydrogen (secondary N) is 2. The van der Waals surface area contributed by atoms with Gasteiger partial charge < -0.3 is 15.5 Å². The van der Waals surface area contributed by atoms with Crippen LogP contribution in [0.1, 0.15) is 37.8 Å². The van der Waals surface area contributed by atoms with E-state index < -0.39 is 6.04 Å². The number of carbonyl (C=O) groups is 2. The van der Waals surface area contributed by atoms with Crippen LogP contribution < -0.4 is 10.6 Å². The summed E-state index contributed by atoms with van der Waals surface area (Å²) < 4.78 is 0. The summed E-state index contributed by atoms with van der Waals surface area (Å²) in [4.78, 5) is 26.6. The fourth-order valence-corrected chi connectivity index (χ4v) is 2.79. The highest BCUT2D eigenvalue weighted by atomic mass is 35.5. The Balaban J connectivity index is 0.00000264. The third-order valence-electron chi connectivity index (χ3n) is 4.15. The second kappa shape index (κ2) is 9.53. The number of benzene rings is 1. The highest BCUT2D eigenvalue weighted by molar-refractivity contribution is 5.88. The fraction of sp³-hybridized carbons (Fsp3) is 0.529. The van der Waals surface area contributed by atoms with Crippen molar-refractivity contribution in [3.05, 3.63) is 35.9 Å². The van der Waals surface area contributed by atoms with Crippen LogP contribution in [0.5, 0.6) is 0 Å². The van der Waals surface area contributed by atoms with Gasteiger partial charge in [-0.2, -0.15) is 0 Å². The maximum absolute atomic E-state index is 12.9. The van der Waals surface area contributed by atoms with Gasteiger partial charge in [0.05, 0.1) is 0 Å². The minimum Gasteiger partial charge on any atom is -0.341 e. The fourth-order valence-electron chi connectivity index (χ4n) is 2.79. The van der Waals surface area contributed by atoms with Crippen LogP contribution in [0.4, 0.5) is 0 Å². The number of piperidine rings is 1. The minimum absolute atomic E-state index is 0. The molecule has 1 aliphatic rings.